The lowest BCUT2D eigenvalue weighted by atomic mass is 10.1. The fourth-order valence-electron chi connectivity index (χ4n) is 2.61. The minimum Gasteiger partial charge on any atom is -0.462 e. The first-order valence-corrected chi connectivity index (χ1v) is 8.93. The normalized spacial score (nSPS) is 10.7. The van der Waals surface area contributed by atoms with E-state index in [4.69, 9.17) is 4.74 Å². The van der Waals surface area contributed by atoms with Crippen LogP contribution in [-0.2, 0) is 4.74 Å². The molecule has 0 bridgehead atoms. The Balaban J connectivity index is 2.20. The van der Waals surface area contributed by atoms with Crippen molar-refractivity contribution in [2.45, 2.75) is 39.5 Å². The summed E-state index contributed by atoms with van der Waals surface area (Å²) in [5, 5.41) is 0. The van der Waals surface area contributed by atoms with Crippen LogP contribution in [0.1, 0.15) is 50.2 Å². The summed E-state index contributed by atoms with van der Waals surface area (Å²) >= 11 is 1.48. The molecule has 2 rings (SSSR count). The molecule has 0 atom stereocenters. The molecule has 1 heterocycles. The van der Waals surface area contributed by atoms with Crippen LogP contribution < -0.4 is 0 Å². The van der Waals surface area contributed by atoms with Gasteiger partial charge in [-0.15, -0.1) is 11.8 Å². The van der Waals surface area contributed by atoms with E-state index in [1.165, 1.54) is 22.9 Å². The van der Waals surface area contributed by atoms with Crippen LogP contribution in [0.25, 0.3) is 0 Å². The molecule has 0 radical (unpaired) electrons. The van der Waals surface area contributed by atoms with Gasteiger partial charge in [0.2, 0.25) is 0 Å². The molecule has 0 aliphatic rings. The Morgan fingerprint density at radius 3 is 2.33 bits per heavy atom. The lowest BCUT2D eigenvalue weighted by molar-refractivity contribution is 0.0522. The predicted molar refractivity (Wildman–Crippen MR) is 97.2 cm³/mol. The predicted octanol–water partition coefficient (Wildman–Crippen LogP) is 4.40. The number of aryl methyl sites for hydroxylation is 4. The zero-order valence-electron chi connectivity index (χ0n) is 14.8. The fourth-order valence-corrected chi connectivity index (χ4v) is 3.48. The maximum atomic E-state index is 12.7. The van der Waals surface area contributed by atoms with Crippen LogP contribution in [0.3, 0.4) is 0 Å². The Labute approximate surface area is 147 Å². The van der Waals surface area contributed by atoms with Crippen molar-refractivity contribution in [3.63, 3.8) is 0 Å². The van der Waals surface area contributed by atoms with Crippen molar-refractivity contribution in [2.24, 2.45) is 0 Å². The van der Waals surface area contributed by atoms with Crippen molar-refractivity contribution in [1.82, 2.24) is 4.98 Å². The molecule has 2 aromatic rings. The molecule has 1 N–H and O–H groups in total. The number of ketones is 1. The van der Waals surface area contributed by atoms with E-state index in [-0.39, 0.29) is 18.1 Å². The lowest BCUT2D eigenvalue weighted by Crippen LogP contribution is -2.13. The van der Waals surface area contributed by atoms with Crippen molar-refractivity contribution in [3.05, 3.63) is 51.8 Å². The molecule has 0 saturated carbocycles. The van der Waals surface area contributed by atoms with E-state index in [9.17, 15) is 9.59 Å². The van der Waals surface area contributed by atoms with E-state index in [1.807, 2.05) is 13.0 Å². The Morgan fingerprint density at radius 2 is 1.71 bits per heavy atom. The van der Waals surface area contributed by atoms with Gasteiger partial charge in [0.05, 0.1) is 23.5 Å². The van der Waals surface area contributed by atoms with E-state index in [2.05, 4.69) is 31.0 Å². The number of benzene rings is 1. The highest BCUT2D eigenvalue weighted by atomic mass is 32.2. The topological polar surface area (TPSA) is 59.2 Å². The first-order chi connectivity index (χ1) is 11.3. The lowest BCUT2D eigenvalue weighted by Gasteiger charge is -2.07. The Kier molecular flexibility index (Phi) is 5.89. The van der Waals surface area contributed by atoms with Crippen LogP contribution >= 0.6 is 11.8 Å². The SMILES string of the molecule is CCOC(=O)c1c(C)[nH]c(C)c1C(=O)CSc1ccc(C)c(C)c1. The number of carbonyl (C=O) groups excluding carboxylic acids is 2. The van der Waals surface area contributed by atoms with E-state index in [0.717, 1.165) is 4.90 Å². The van der Waals surface area contributed by atoms with Crippen LogP contribution in [-0.4, -0.2) is 29.1 Å². The summed E-state index contributed by atoms with van der Waals surface area (Å²) in [4.78, 5) is 29.0. The molecule has 0 spiro atoms. The third-order valence-corrected chi connectivity index (χ3v) is 4.98. The fraction of sp³-hybridized carbons (Fsp3) is 0.368. The number of esters is 1. The van der Waals surface area contributed by atoms with Gasteiger partial charge in [0.15, 0.2) is 5.78 Å². The maximum Gasteiger partial charge on any atom is 0.340 e. The molecule has 128 valence electrons. The van der Waals surface area contributed by atoms with Gasteiger partial charge in [-0.3, -0.25) is 4.79 Å². The maximum absolute atomic E-state index is 12.7. The number of H-pyrrole nitrogens is 1. The molecule has 1 aromatic heterocycles. The van der Waals surface area contributed by atoms with Crippen LogP contribution in [0.5, 0.6) is 0 Å². The van der Waals surface area contributed by atoms with Gasteiger partial charge >= 0.3 is 5.97 Å². The molecule has 0 saturated heterocycles. The number of thioether (sulfide) groups is 1. The molecule has 1 aromatic carbocycles. The first kappa shape index (κ1) is 18.3. The molecule has 0 fully saturated rings. The van der Waals surface area contributed by atoms with Gasteiger partial charge in [-0.25, -0.2) is 4.79 Å². The number of nitrogens with one attached hydrogen (secondary N) is 1. The van der Waals surface area contributed by atoms with Crippen molar-refractivity contribution in [1.29, 1.82) is 0 Å². The second-order valence-electron chi connectivity index (χ2n) is 5.80. The highest BCUT2D eigenvalue weighted by molar-refractivity contribution is 8.00. The molecular formula is C19H23NO3S. The molecule has 5 heteroatoms. The van der Waals surface area contributed by atoms with Crippen molar-refractivity contribution >= 4 is 23.5 Å². The standard InChI is InChI=1S/C19H23NO3S/c1-6-23-19(22)18-14(5)20-13(4)17(18)16(21)10-24-15-8-7-11(2)12(3)9-15/h7-9,20H,6,10H2,1-5H3. The van der Waals surface area contributed by atoms with Crippen LogP contribution in [0.4, 0.5) is 0 Å². The van der Waals surface area contributed by atoms with Gasteiger partial charge in [0.1, 0.15) is 0 Å². The van der Waals surface area contributed by atoms with E-state index in [0.29, 0.717) is 22.5 Å². The number of hydrogen-bond acceptors (Lipinski definition) is 4. The molecule has 0 aliphatic heterocycles. The molecule has 0 amide bonds. The summed E-state index contributed by atoms with van der Waals surface area (Å²) in [6, 6.07) is 6.15. The number of hydrogen-bond donors (Lipinski definition) is 1. The van der Waals surface area contributed by atoms with Gasteiger partial charge in [-0.2, -0.15) is 0 Å². The van der Waals surface area contributed by atoms with Gasteiger partial charge in [-0.05, 0) is 57.9 Å². The van der Waals surface area contributed by atoms with Gasteiger partial charge < -0.3 is 9.72 Å². The number of rotatable bonds is 6. The summed E-state index contributed by atoms with van der Waals surface area (Å²) in [5.41, 5.74) is 4.62. The molecular weight excluding hydrogens is 322 g/mol. The third kappa shape index (κ3) is 3.90. The average molecular weight is 345 g/mol. The Bertz CT molecular complexity index is 777. The van der Waals surface area contributed by atoms with E-state index >= 15 is 0 Å². The molecule has 4 nitrogen and oxygen atoms in total. The van der Waals surface area contributed by atoms with Gasteiger partial charge in [0.25, 0.3) is 0 Å². The Morgan fingerprint density at radius 1 is 1.04 bits per heavy atom. The monoisotopic (exact) mass is 345 g/mol. The van der Waals surface area contributed by atoms with E-state index < -0.39 is 5.97 Å². The minimum absolute atomic E-state index is 0.0665. The van der Waals surface area contributed by atoms with Crippen LogP contribution in [0.2, 0.25) is 0 Å². The highest BCUT2D eigenvalue weighted by Gasteiger charge is 2.25. The summed E-state index contributed by atoms with van der Waals surface area (Å²) in [6.07, 6.45) is 0. The number of aromatic amines is 1. The third-order valence-electron chi connectivity index (χ3n) is 3.98. The molecule has 24 heavy (non-hydrogen) atoms. The highest BCUT2D eigenvalue weighted by Crippen LogP contribution is 2.25. The van der Waals surface area contributed by atoms with Gasteiger partial charge in [0, 0.05) is 16.3 Å². The quantitative estimate of drug-likeness (QED) is 0.479. The number of carbonyl (C=O) groups is 2. The summed E-state index contributed by atoms with van der Waals surface area (Å²) in [7, 11) is 0. The summed E-state index contributed by atoms with van der Waals surface area (Å²) in [6.45, 7) is 9.75. The smallest absolute Gasteiger partial charge is 0.340 e. The second kappa shape index (κ2) is 7.71. The molecule has 0 aliphatic carbocycles. The van der Waals surface area contributed by atoms with E-state index in [1.54, 1.807) is 13.8 Å². The minimum atomic E-state index is -0.445. The first-order valence-electron chi connectivity index (χ1n) is 7.94. The van der Waals surface area contributed by atoms with Crippen molar-refractivity contribution in [2.75, 3.05) is 12.4 Å². The van der Waals surface area contributed by atoms with Crippen LogP contribution in [0, 0.1) is 27.7 Å². The number of aromatic nitrogens is 1. The van der Waals surface area contributed by atoms with Crippen molar-refractivity contribution in [3.8, 4) is 0 Å². The Hall–Kier alpha value is -2.01. The zero-order chi connectivity index (χ0) is 17.9. The summed E-state index contributed by atoms with van der Waals surface area (Å²) < 4.78 is 5.09. The average Bonchev–Trinajstić information content (AvgIpc) is 2.83. The van der Waals surface area contributed by atoms with Gasteiger partial charge in [-0.1, -0.05) is 6.07 Å². The molecule has 0 unspecified atom stereocenters. The largest absolute Gasteiger partial charge is 0.462 e. The number of ether oxygens (including phenoxy) is 1. The number of Topliss-reactive ketones (excluding diaryl/α,β-unsaturated/α-hetero) is 1. The summed E-state index contributed by atoms with van der Waals surface area (Å²) in [5.74, 6) is -0.227. The second-order valence-corrected chi connectivity index (χ2v) is 6.85. The van der Waals surface area contributed by atoms with Crippen LogP contribution in [0.15, 0.2) is 23.1 Å². The van der Waals surface area contributed by atoms with Crippen molar-refractivity contribution < 1.29 is 14.3 Å². The zero-order valence-corrected chi connectivity index (χ0v) is 15.6.